The highest BCUT2D eigenvalue weighted by Gasteiger charge is 2.41. The van der Waals surface area contributed by atoms with Crippen molar-refractivity contribution in [1.29, 1.82) is 0 Å². The first-order chi connectivity index (χ1) is 15.8. The highest BCUT2D eigenvalue weighted by molar-refractivity contribution is 6.21. The molecule has 0 radical (unpaired) electrons. The van der Waals surface area contributed by atoms with Gasteiger partial charge in [-0.05, 0) is 54.2 Å². The van der Waals surface area contributed by atoms with Gasteiger partial charge in [0.2, 0.25) is 0 Å². The Morgan fingerprint density at radius 3 is 2.33 bits per heavy atom. The Hall–Kier alpha value is -2.01. The second kappa shape index (κ2) is 9.69. The van der Waals surface area contributed by atoms with Gasteiger partial charge < -0.3 is 14.2 Å². The zero-order valence-corrected chi connectivity index (χ0v) is 21.2. The van der Waals surface area contributed by atoms with Gasteiger partial charge in [-0.15, -0.1) is 11.6 Å². The van der Waals surface area contributed by atoms with Crippen molar-refractivity contribution < 1.29 is 14.2 Å². The molecule has 2 aromatic rings. The molecule has 2 aliphatic heterocycles. The quantitative estimate of drug-likeness (QED) is 0.348. The summed E-state index contributed by atoms with van der Waals surface area (Å²) in [5.74, 6) is 1.52. The predicted molar refractivity (Wildman–Crippen MR) is 135 cm³/mol. The lowest BCUT2D eigenvalue weighted by Gasteiger charge is -2.44. The van der Waals surface area contributed by atoms with Crippen LogP contribution in [-0.2, 0) is 15.8 Å². The van der Waals surface area contributed by atoms with Gasteiger partial charge in [-0.25, -0.2) is 0 Å². The summed E-state index contributed by atoms with van der Waals surface area (Å²) in [7, 11) is 3.37. The third-order valence-corrected chi connectivity index (χ3v) is 7.60. The smallest absolute Gasteiger partial charge is 0.161 e. The number of nitrogens with zero attached hydrogens (tertiary/aromatic N) is 1. The van der Waals surface area contributed by atoms with Crippen LogP contribution >= 0.6 is 11.6 Å². The molecule has 0 spiro atoms. The lowest BCUT2D eigenvalue weighted by atomic mass is 9.73. The first-order valence-electron chi connectivity index (χ1n) is 11.8. The Labute approximate surface area is 203 Å². The fourth-order valence-corrected chi connectivity index (χ4v) is 5.40. The number of methoxy groups -OCH3 is 2. The van der Waals surface area contributed by atoms with E-state index < -0.39 is 0 Å². The van der Waals surface area contributed by atoms with Crippen molar-refractivity contribution in [3.63, 3.8) is 0 Å². The number of hydrogen-bond acceptors (Lipinski definition) is 4. The molecular formula is C28H36ClNO3. The molecule has 0 amide bonds. The Morgan fingerprint density at radius 1 is 1.03 bits per heavy atom. The van der Waals surface area contributed by atoms with E-state index in [1.807, 2.05) is 0 Å². The first kappa shape index (κ1) is 24.1. The summed E-state index contributed by atoms with van der Waals surface area (Å²) in [5, 5.41) is 0. The number of alkyl halides is 1. The molecule has 0 aliphatic carbocycles. The molecule has 4 nitrogen and oxygen atoms in total. The molecule has 0 bridgehead atoms. The number of halogens is 1. The SMILES string of the molecule is COc1cc2c(cc1OC)C(C)(CCCN1CC=C(c3ccccc3)CC1Cl)OCC2(C)C. The van der Waals surface area contributed by atoms with Crippen LogP contribution in [0.5, 0.6) is 11.5 Å². The monoisotopic (exact) mass is 469 g/mol. The van der Waals surface area contributed by atoms with Crippen LogP contribution in [0.15, 0.2) is 48.5 Å². The molecule has 0 N–H and O–H groups in total. The van der Waals surface area contributed by atoms with Crippen LogP contribution in [0.2, 0.25) is 0 Å². The molecule has 0 aromatic heterocycles. The van der Waals surface area contributed by atoms with Crippen LogP contribution in [0, 0.1) is 0 Å². The van der Waals surface area contributed by atoms with E-state index in [1.165, 1.54) is 22.3 Å². The molecule has 0 saturated heterocycles. The summed E-state index contributed by atoms with van der Waals surface area (Å²) >= 11 is 6.80. The van der Waals surface area contributed by atoms with Gasteiger partial charge in [0.25, 0.3) is 0 Å². The third kappa shape index (κ3) is 4.94. The lowest BCUT2D eigenvalue weighted by Crippen LogP contribution is -2.42. The molecule has 2 aromatic carbocycles. The van der Waals surface area contributed by atoms with Crippen LogP contribution < -0.4 is 9.47 Å². The van der Waals surface area contributed by atoms with Gasteiger partial charge in [-0.2, -0.15) is 0 Å². The van der Waals surface area contributed by atoms with E-state index in [-0.39, 0.29) is 16.5 Å². The van der Waals surface area contributed by atoms with Gasteiger partial charge in [0.1, 0.15) is 0 Å². The Morgan fingerprint density at radius 2 is 1.70 bits per heavy atom. The van der Waals surface area contributed by atoms with E-state index in [2.05, 4.69) is 74.2 Å². The summed E-state index contributed by atoms with van der Waals surface area (Å²) in [5.41, 5.74) is 4.65. The van der Waals surface area contributed by atoms with E-state index >= 15 is 0 Å². The number of ether oxygens (including phenoxy) is 3. The van der Waals surface area contributed by atoms with E-state index in [0.29, 0.717) is 6.61 Å². The van der Waals surface area contributed by atoms with Crippen molar-refractivity contribution in [3.05, 3.63) is 65.2 Å². The molecule has 33 heavy (non-hydrogen) atoms. The van der Waals surface area contributed by atoms with Gasteiger partial charge in [-0.1, -0.05) is 50.3 Å². The minimum absolute atomic E-state index is 0.0147. The van der Waals surface area contributed by atoms with E-state index in [9.17, 15) is 0 Å². The van der Waals surface area contributed by atoms with Gasteiger partial charge in [-0.3, -0.25) is 4.90 Å². The van der Waals surface area contributed by atoms with Crippen LogP contribution in [0.1, 0.15) is 56.7 Å². The molecule has 2 unspecified atom stereocenters. The van der Waals surface area contributed by atoms with Crippen molar-refractivity contribution in [1.82, 2.24) is 4.90 Å². The second-order valence-corrected chi connectivity index (χ2v) is 10.5. The van der Waals surface area contributed by atoms with Crippen molar-refractivity contribution in [2.75, 3.05) is 33.9 Å². The fourth-order valence-electron chi connectivity index (χ4n) is 5.05. The molecular weight excluding hydrogens is 434 g/mol. The number of hydrogen-bond donors (Lipinski definition) is 0. The standard InChI is InChI=1S/C28H36ClNO3/c1-27(2)19-33-28(3,23-18-25(32-5)24(31-4)17-22(23)27)13-9-14-30-15-12-21(16-26(30)29)20-10-7-6-8-11-20/h6-8,10-12,17-18,26H,9,13-16,19H2,1-5H3. The Balaban J connectivity index is 1.46. The molecule has 2 heterocycles. The highest BCUT2D eigenvalue weighted by Crippen LogP contribution is 2.47. The zero-order chi connectivity index (χ0) is 23.6. The minimum Gasteiger partial charge on any atom is -0.493 e. The number of benzene rings is 2. The van der Waals surface area contributed by atoms with Crippen LogP contribution in [0.4, 0.5) is 0 Å². The van der Waals surface area contributed by atoms with Gasteiger partial charge >= 0.3 is 0 Å². The molecule has 4 rings (SSSR count). The largest absolute Gasteiger partial charge is 0.493 e. The van der Waals surface area contributed by atoms with Crippen LogP contribution in [0.25, 0.3) is 5.57 Å². The second-order valence-electron chi connectivity index (χ2n) is 9.99. The average molecular weight is 470 g/mol. The summed E-state index contributed by atoms with van der Waals surface area (Å²) in [6.07, 6.45) is 5.11. The summed E-state index contributed by atoms with van der Waals surface area (Å²) in [6.45, 7) is 9.15. The summed E-state index contributed by atoms with van der Waals surface area (Å²) in [6, 6.07) is 14.8. The molecule has 5 heteroatoms. The van der Waals surface area contributed by atoms with Crippen LogP contribution in [0.3, 0.4) is 0 Å². The molecule has 2 aliphatic rings. The van der Waals surface area contributed by atoms with E-state index in [0.717, 1.165) is 43.9 Å². The van der Waals surface area contributed by atoms with Crippen molar-refractivity contribution >= 4 is 17.2 Å². The zero-order valence-electron chi connectivity index (χ0n) is 20.5. The normalized spacial score (nSPS) is 24.7. The Kier molecular flexibility index (Phi) is 7.09. The van der Waals surface area contributed by atoms with Crippen LogP contribution in [-0.4, -0.2) is 44.3 Å². The van der Waals surface area contributed by atoms with Gasteiger partial charge in [0.15, 0.2) is 11.5 Å². The van der Waals surface area contributed by atoms with E-state index in [1.54, 1.807) is 14.2 Å². The van der Waals surface area contributed by atoms with E-state index in [4.69, 9.17) is 25.8 Å². The molecule has 178 valence electrons. The number of fused-ring (bicyclic) bond motifs is 1. The third-order valence-electron chi connectivity index (χ3n) is 7.17. The average Bonchev–Trinajstić information content (AvgIpc) is 2.83. The summed E-state index contributed by atoms with van der Waals surface area (Å²) < 4.78 is 17.7. The molecule has 0 fully saturated rings. The summed E-state index contributed by atoms with van der Waals surface area (Å²) in [4.78, 5) is 2.36. The van der Waals surface area contributed by atoms with Crippen molar-refractivity contribution in [2.24, 2.45) is 0 Å². The molecule has 2 atom stereocenters. The van der Waals surface area contributed by atoms with Crippen molar-refractivity contribution in [2.45, 2.75) is 56.6 Å². The lowest BCUT2D eigenvalue weighted by molar-refractivity contribution is -0.0790. The predicted octanol–water partition coefficient (Wildman–Crippen LogP) is 6.36. The van der Waals surface area contributed by atoms with Gasteiger partial charge in [0.05, 0.1) is 31.9 Å². The van der Waals surface area contributed by atoms with Gasteiger partial charge in [0, 0.05) is 24.9 Å². The topological polar surface area (TPSA) is 30.9 Å². The first-order valence-corrected chi connectivity index (χ1v) is 12.2. The van der Waals surface area contributed by atoms with Crippen molar-refractivity contribution in [3.8, 4) is 11.5 Å². The molecule has 0 saturated carbocycles. The maximum atomic E-state index is 6.80. The Bertz CT molecular complexity index is 1000. The maximum absolute atomic E-state index is 6.80. The fraction of sp³-hybridized carbons (Fsp3) is 0.500. The maximum Gasteiger partial charge on any atom is 0.161 e. The number of rotatable bonds is 7. The minimum atomic E-state index is -0.368. The highest BCUT2D eigenvalue weighted by atomic mass is 35.5.